The molecule has 3 nitrogen and oxygen atoms in total. The van der Waals surface area contributed by atoms with Crippen LogP contribution in [0.1, 0.15) is 50.0 Å². The summed E-state index contributed by atoms with van der Waals surface area (Å²) < 4.78 is 0. The predicted octanol–water partition coefficient (Wildman–Crippen LogP) is 2.81. The Labute approximate surface area is 120 Å². The van der Waals surface area contributed by atoms with Gasteiger partial charge in [0.05, 0.1) is 5.01 Å². The first-order chi connectivity index (χ1) is 9.31. The number of rotatable bonds is 4. The van der Waals surface area contributed by atoms with Gasteiger partial charge in [-0.05, 0) is 38.8 Å². The molecule has 4 heteroatoms. The lowest BCUT2D eigenvalue weighted by atomic mass is 9.83. The quantitative estimate of drug-likeness (QED) is 0.921. The molecule has 2 fully saturated rings. The Hall–Kier alpha value is -0.450. The molecule has 0 aromatic carbocycles. The zero-order valence-electron chi connectivity index (χ0n) is 11.7. The molecule has 1 unspecified atom stereocenters. The average molecular weight is 279 g/mol. The van der Waals surface area contributed by atoms with Crippen LogP contribution in [0.25, 0.3) is 0 Å². The molecule has 1 saturated carbocycles. The fraction of sp³-hybridized carbons (Fsp3) is 0.800. The number of piperidine rings is 1. The lowest BCUT2D eigenvalue weighted by Gasteiger charge is -2.47. The van der Waals surface area contributed by atoms with E-state index in [0.717, 1.165) is 6.42 Å². The Morgan fingerprint density at radius 1 is 1.21 bits per heavy atom. The van der Waals surface area contributed by atoms with E-state index in [9.17, 15) is 0 Å². The number of aromatic nitrogens is 1. The standard InChI is InChI=1S/C15H25N3S/c16-13(12-14-17-8-11-19-14)15(6-2-3-7-15)18-9-4-1-5-10-18/h8,11,13H,1-7,9-10,12,16H2. The van der Waals surface area contributed by atoms with Crippen molar-refractivity contribution < 1.29 is 0 Å². The van der Waals surface area contributed by atoms with E-state index in [4.69, 9.17) is 5.73 Å². The maximum atomic E-state index is 6.66. The van der Waals surface area contributed by atoms with Gasteiger partial charge in [0.2, 0.25) is 0 Å². The van der Waals surface area contributed by atoms with E-state index >= 15 is 0 Å². The highest BCUT2D eigenvalue weighted by Crippen LogP contribution is 2.40. The van der Waals surface area contributed by atoms with Crippen molar-refractivity contribution in [1.29, 1.82) is 0 Å². The first-order valence-electron chi connectivity index (χ1n) is 7.70. The summed E-state index contributed by atoms with van der Waals surface area (Å²) in [6, 6.07) is 0.249. The number of likely N-dealkylation sites (tertiary alicyclic amines) is 1. The molecule has 2 aliphatic rings. The van der Waals surface area contributed by atoms with Gasteiger partial charge in [0, 0.05) is 29.6 Å². The van der Waals surface area contributed by atoms with E-state index in [-0.39, 0.29) is 11.6 Å². The molecule has 106 valence electrons. The van der Waals surface area contributed by atoms with Crippen LogP contribution in [0.4, 0.5) is 0 Å². The minimum Gasteiger partial charge on any atom is -0.326 e. The van der Waals surface area contributed by atoms with Gasteiger partial charge < -0.3 is 5.73 Å². The number of hydrogen-bond acceptors (Lipinski definition) is 4. The molecule has 0 spiro atoms. The van der Waals surface area contributed by atoms with E-state index in [1.54, 1.807) is 11.3 Å². The molecule has 1 aromatic heterocycles. The molecule has 1 atom stereocenters. The minimum atomic E-state index is 0.249. The highest BCUT2D eigenvalue weighted by molar-refractivity contribution is 7.09. The molecule has 1 saturated heterocycles. The third-order valence-electron chi connectivity index (χ3n) is 5.02. The third-order valence-corrected chi connectivity index (χ3v) is 5.83. The van der Waals surface area contributed by atoms with E-state index < -0.39 is 0 Å². The monoisotopic (exact) mass is 279 g/mol. The smallest absolute Gasteiger partial charge is 0.0940 e. The summed E-state index contributed by atoms with van der Waals surface area (Å²) >= 11 is 1.75. The van der Waals surface area contributed by atoms with Crippen molar-refractivity contribution in [3.8, 4) is 0 Å². The van der Waals surface area contributed by atoms with Crippen molar-refractivity contribution in [2.75, 3.05) is 13.1 Å². The summed E-state index contributed by atoms with van der Waals surface area (Å²) in [5.74, 6) is 0. The fourth-order valence-corrected chi connectivity index (χ4v) is 4.66. The summed E-state index contributed by atoms with van der Waals surface area (Å²) in [6.07, 6.45) is 12.2. The SMILES string of the molecule is NC(Cc1nccs1)C1(N2CCCCC2)CCCC1. The van der Waals surface area contributed by atoms with Crippen LogP contribution in [-0.2, 0) is 6.42 Å². The Balaban J connectivity index is 1.75. The van der Waals surface area contributed by atoms with Crippen molar-refractivity contribution in [3.63, 3.8) is 0 Å². The molecule has 1 aliphatic carbocycles. The van der Waals surface area contributed by atoms with E-state index in [0.29, 0.717) is 0 Å². The number of nitrogens with two attached hydrogens (primary N) is 1. The summed E-state index contributed by atoms with van der Waals surface area (Å²) in [4.78, 5) is 7.15. The van der Waals surface area contributed by atoms with Crippen LogP contribution in [0.2, 0.25) is 0 Å². The van der Waals surface area contributed by atoms with Gasteiger partial charge in [0.25, 0.3) is 0 Å². The number of hydrogen-bond donors (Lipinski definition) is 1. The van der Waals surface area contributed by atoms with Gasteiger partial charge >= 0.3 is 0 Å². The third kappa shape index (κ3) is 2.71. The molecule has 0 bridgehead atoms. The summed E-state index contributed by atoms with van der Waals surface area (Å²) in [5.41, 5.74) is 6.93. The topological polar surface area (TPSA) is 42.1 Å². The first-order valence-corrected chi connectivity index (χ1v) is 8.58. The minimum absolute atomic E-state index is 0.249. The maximum Gasteiger partial charge on any atom is 0.0940 e. The second kappa shape index (κ2) is 5.90. The van der Waals surface area contributed by atoms with E-state index in [1.165, 1.54) is 63.0 Å². The maximum absolute atomic E-state index is 6.66. The first kappa shape index (κ1) is 13.5. The van der Waals surface area contributed by atoms with Gasteiger partial charge in [-0.2, -0.15) is 0 Å². The van der Waals surface area contributed by atoms with Crippen LogP contribution in [0.15, 0.2) is 11.6 Å². The zero-order chi connectivity index (χ0) is 13.1. The van der Waals surface area contributed by atoms with Crippen molar-refractivity contribution >= 4 is 11.3 Å². The average Bonchev–Trinajstić information content (AvgIpc) is 3.11. The second-order valence-electron chi connectivity index (χ2n) is 6.09. The summed E-state index contributed by atoms with van der Waals surface area (Å²) in [7, 11) is 0. The Kier molecular flexibility index (Phi) is 4.20. The van der Waals surface area contributed by atoms with E-state index in [1.807, 2.05) is 6.20 Å². The lowest BCUT2D eigenvalue weighted by Crippen LogP contribution is -2.60. The molecule has 1 aliphatic heterocycles. The molecule has 2 N–H and O–H groups in total. The van der Waals surface area contributed by atoms with Crippen LogP contribution in [0.5, 0.6) is 0 Å². The molecular weight excluding hydrogens is 254 g/mol. The molecular formula is C15H25N3S. The highest BCUT2D eigenvalue weighted by atomic mass is 32.1. The predicted molar refractivity (Wildman–Crippen MR) is 80.4 cm³/mol. The van der Waals surface area contributed by atoms with E-state index in [2.05, 4.69) is 15.3 Å². The molecule has 2 heterocycles. The molecule has 0 amide bonds. The molecule has 1 aromatic rings. The van der Waals surface area contributed by atoms with Crippen molar-refractivity contribution in [2.24, 2.45) is 5.73 Å². The van der Waals surface area contributed by atoms with Crippen LogP contribution in [-0.4, -0.2) is 34.6 Å². The lowest BCUT2D eigenvalue weighted by molar-refractivity contribution is 0.0482. The fourth-order valence-electron chi connectivity index (χ4n) is 3.98. The normalized spacial score (nSPS) is 25.5. The highest BCUT2D eigenvalue weighted by Gasteiger charge is 2.44. The van der Waals surface area contributed by atoms with Crippen LogP contribution in [0.3, 0.4) is 0 Å². The Morgan fingerprint density at radius 3 is 2.58 bits per heavy atom. The van der Waals surface area contributed by atoms with Crippen molar-refractivity contribution in [3.05, 3.63) is 16.6 Å². The van der Waals surface area contributed by atoms with Gasteiger partial charge in [-0.1, -0.05) is 19.3 Å². The number of thiazole rings is 1. The molecule has 19 heavy (non-hydrogen) atoms. The van der Waals surface area contributed by atoms with Crippen LogP contribution < -0.4 is 5.73 Å². The summed E-state index contributed by atoms with van der Waals surface area (Å²) in [6.45, 7) is 2.51. The Morgan fingerprint density at radius 2 is 1.95 bits per heavy atom. The van der Waals surface area contributed by atoms with Crippen LogP contribution >= 0.6 is 11.3 Å². The van der Waals surface area contributed by atoms with Gasteiger partial charge in [-0.25, -0.2) is 4.98 Å². The van der Waals surface area contributed by atoms with Gasteiger partial charge in [-0.3, -0.25) is 4.90 Å². The zero-order valence-corrected chi connectivity index (χ0v) is 12.5. The van der Waals surface area contributed by atoms with Gasteiger partial charge in [0.1, 0.15) is 0 Å². The van der Waals surface area contributed by atoms with Crippen LogP contribution in [0, 0.1) is 0 Å². The van der Waals surface area contributed by atoms with Crippen molar-refractivity contribution in [1.82, 2.24) is 9.88 Å². The van der Waals surface area contributed by atoms with Gasteiger partial charge in [-0.15, -0.1) is 11.3 Å². The number of nitrogens with zero attached hydrogens (tertiary/aromatic N) is 2. The summed E-state index contributed by atoms with van der Waals surface area (Å²) in [5, 5.41) is 3.26. The molecule has 0 radical (unpaired) electrons. The Bertz CT molecular complexity index is 378. The van der Waals surface area contributed by atoms with Gasteiger partial charge in [0.15, 0.2) is 0 Å². The second-order valence-corrected chi connectivity index (χ2v) is 7.07. The van der Waals surface area contributed by atoms with Crippen molar-refractivity contribution in [2.45, 2.75) is 62.9 Å². The largest absolute Gasteiger partial charge is 0.326 e. The molecule has 3 rings (SSSR count).